The summed E-state index contributed by atoms with van der Waals surface area (Å²) in [6, 6.07) is 0. The molecule has 130 valence electrons. The maximum absolute atomic E-state index is 11.4. The molecule has 4 N–H and O–H groups in total. The summed E-state index contributed by atoms with van der Waals surface area (Å²) < 4.78 is 15.1. The molecule has 0 saturated heterocycles. The minimum atomic E-state index is -0.391. The fourth-order valence-corrected chi connectivity index (χ4v) is 1.14. The third kappa shape index (κ3) is 19.1. The molecular formula is C14H35N3O4. The van der Waals surface area contributed by atoms with E-state index in [2.05, 4.69) is 4.74 Å². The molecule has 0 heterocycles. The van der Waals surface area contributed by atoms with E-state index < -0.39 is 6.09 Å². The molecule has 1 amide bonds. The number of hydrogen-bond donors (Lipinski definition) is 2. The molecular weight excluding hydrogens is 274 g/mol. The van der Waals surface area contributed by atoms with Gasteiger partial charge in [0.2, 0.25) is 0 Å². The highest BCUT2D eigenvalue weighted by Gasteiger charge is 2.12. The van der Waals surface area contributed by atoms with Crippen LogP contribution in [0.3, 0.4) is 0 Å². The van der Waals surface area contributed by atoms with E-state index in [1.165, 1.54) is 12.0 Å². The molecule has 0 saturated carbocycles. The number of hydrogen-bond acceptors (Lipinski definition) is 6. The first-order valence-corrected chi connectivity index (χ1v) is 7.64. The fraction of sp³-hybridized carbons (Fsp3) is 0.929. The lowest BCUT2D eigenvalue weighted by molar-refractivity contribution is 0.0666. The Morgan fingerprint density at radius 3 is 1.52 bits per heavy atom. The molecule has 0 fully saturated rings. The minimum Gasteiger partial charge on any atom is -0.453 e. The Morgan fingerprint density at radius 2 is 1.24 bits per heavy atom. The molecule has 0 aliphatic heterocycles. The Bertz CT molecular complexity index is 183. The summed E-state index contributed by atoms with van der Waals surface area (Å²) in [5, 5.41) is 0. The molecule has 0 aromatic heterocycles. The van der Waals surface area contributed by atoms with Crippen molar-refractivity contribution in [2.24, 2.45) is 11.5 Å². The van der Waals surface area contributed by atoms with Crippen LogP contribution < -0.4 is 11.5 Å². The lowest BCUT2D eigenvalue weighted by atomic mass is 10.5. The number of nitrogens with zero attached hydrogens (tertiary/aromatic N) is 1. The van der Waals surface area contributed by atoms with Gasteiger partial charge in [-0.2, -0.15) is 0 Å². The molecule has 0 radical (unpaired) electrons. The molecule has 0 aromatic carbocycles. The molecule has 21 heavy (non-hydrogen) atoms. The normalized spacial score (nSPS) is 8.90. The van der Waals surface area contributed by atoms with Gasteiger partial charge < -0.3 is 30.6 Å². The van der Waals surface area contributed by atoms with Crippen LogP contribution in [-0.2, 0) is 14.2 Å². The Balaban J connectivity index is -0.000000739. The highest BCUT2D eigenvalue weighted by atomic mass is 16.5. The maximum Gasteiger partial charge on any atom is 0.409 e. The van der Waals surface area contributed by atoms with Gasteiger partial charge in [0.1, 0.15) is 0 Å². The highest BCUT2D eigenvalue weighted by molar-refractivity contribution is 5.67. The van der Waals surface area contributed by atoms with E-state index in [-0.39, 0.29) is 0 Å². The minimum absolute atomic E-state index is 0.391. The van der Waals surface area contributed by atoms with Crippen LogP contribution in [0.25, 0.3) is 0 Å². The van der Waals surface area contributed by atoms with Crippen LogP contribution in [0.15, 0.2) is 0 Å². The van der Waals surface area contributed by atoms with Gasteiger partial charge in [-0.25, -0.2) is 4.79 Å². The number of rotatable bonds is 10. The maximum atomic E-state index is 11.4. The second-order valence-electron chi connectivity index (χ2n) is 3.26. The van der Waals surface area contributed by atoms with E-state index >= 15 is 0 Å². The third-order valence-electron chi connectivity index (χ3n) is 1.97. The predicted molar refractivity (Wildman–Crippen MR) is 86.4 cm³/mol. The largest absolute Gasteiger partial charge is 0.453 e. The standard InChI is InChI=1S/C10H23N3O4.2C2H6/c1-15-10(14)13(4-8-16-6-2-11)5-9-17-7-3-12;2*1-2/h2-9,11-12H2,1H3;2*1-2H3. The van der Waals surface area contributed by atoms with Gasteiger partial charge in [0.05, 0.1) is 33.5 Å². The number of nitrogens with two attached hydrogens (primary N) is 2. The van der Waals surface area contributed by atoms with Crippen molar-refractivity contribution in [2.75, 3.05) is 59.7 Å². The molecule has 0 bridgehead atoms. The van der Waals surface area contributed by atoms with Gasteiger partial charge in [0.25, 0.3) is 0 Å². The highest BCUT2D eigenvalue weighted by Crippen LogP contribution is 1.94. The lowest BCUT2D eigenvalue weighted by Crippen LogP contribution is -2.37. The molecule has 0 unspecified atom stereocenters. The summed E-state index contributed by atoms with van der Waals surface area (Å²) in [6.07, 6.45) is -0.391. The van der Waals surface area contributed by atoms with Crippen molar-refractivity contribution in [3.8, 4) is 0 Å². The van der Waals surface area contributed by atoms with E-state index in [1.54, 1.807) is 0 Å². The van der Waals surface area contributed by atoms with Crippen molar-refractivity contribution < 1.29 is 19.0 Å². The third-order valence-corrected chi connectivity index (χ3v) is 1.97. The van der Waals surface area contributed by atoms with Crippen LogP contribution in [-0.4, -0.2) is 70.7 Å². The quantitative estimate of drug-likeness (QED) is 0.585. The van der Waals surface area contributed by atoms with Gasteiger partial charge in [-0.15, -0.1) is 0 Å². The summed E-state index contributed by atoms with van der Waals surface area (Å²) in [6.45, 7) is 11.7. The Kier molecular flexibility index (Phi) is 28.8. The van der Waals surface area contributed by atoms with Crippen LogP contribution in [0.2, 0.25) is 0 Å². The van der Waals surface area contributed by atoms with E-state index in [9.17, 15) is 4.79 Å². The number of amides is 1. The Morgan fingerprint density at radius 1 is 0.857 bits per heavy atom. The molecule has 7 nitrogen and oxygen atoms in total. The van der Waals surface area contributed by atoms with Gasteiger partial charge in [0.15, 0.2) is 0 Å². The van der Waals surface area contributed by atoms with Gasteiger partial charge >= 0.3 is 6.09 Å². The van der Waals surface area contributed by atoms with E-state index in [1.807, 2.05) is 27.7 Å². The fourth-order valence-electron chi connectivity index (χ4n) is 1.14. The summed E-state index contributed by atoms with van der Waals surface area (Å²) in [5.74, 6) is 0. The van der Waals surface area contributed by atoms with E-state index in [0.29, 0.717) is 52.6 Å². The van der Waals surface area contributed by atoms with Gasteiger partial charge in [-0.05, 0) is 0 Å². The van der Waals surface area contributed by atoms with E-state index in [4.69, 9.17) is 20.9 Å². The average Bonchev–Trinajstić information content (AvgIpc) is 2.56. The zero-order valence-corrected chi connectivity index (χ0v) is 14.4. The predicted octanol–water partition coefficient (Wildman–Crippen LogP) is 1.06. The Hall–Kier alpha value is -0.890. The molecule has 0 atom stereocenters. The van der Waals surface area contributed by atoms with E-state index in [0.717, 1.165) is 0 Å². The summed E-state index contributed by atoms with van der Waals surface area (Å²) in [5.41, 5.74) is 10.6. The molecule has 0 aliphatic rings. The van der Waals surface area contributed by atoms with Crippen molar-refractivity contribution in [2.45, 2.75) is 27.7 Å². The first-order chi connectivity index (χ1) is 10.3. The second-order valence-corrected chi connectivity index (χ2v) is 3.26. The van der Waals surface area contributed by atoms with Gasteiger partial charge in [-0.3, -0.25) is 0 Å². The summed E-state index contributed by atoms with van der Waals surface area (Å²) in [7, 11) is 1.34. The first-order valence-electron chi connectivity index (χ1n) is 7.64. The number of ether oxygens (including phenoxy) is 3. The molecule has 7 heteroatoms. The van der Waals surface area contributed by atoms with Crippen molar-refractivity contribution in [1.82, 2.24) is 4.90 Å². The lowest BCUT2D eigenvalue weighted by Gasteiger charge is -2.20. The van der Waals surface area contributed by atoms with Crippen LogP contribution in [0.4, 0.5) is 4.79 Å². The average molecular weight is 309 g/mol. The number of carbonyl (C=O) groups excluding carboxylic acids is 1. The number of methoxy groups -OCH3 is 1. The van der Waals surface area contributed by atoms with Crippen LogP contribution in [0, 0.1) is 0 Å². The molecule has 0 spiro atoms. The topological polar surface area (TPSA) is 100 Å². The molecule has 0 aliphatic carbocycles. The van der Waals surface area contributed by atoms with Crippen molar-refractivity contribution in [3.05, 3.63) is 0 Å². The SMILES string of the molecule is CC.CC.COC(=O)N(CCOCCN)CCOCCN. The first kappa shape index (κ1) is 25.1. The summed E-state index contributed by atoms with van der Waals surface area (Å²) >= 11 is 0. The Labute approximate surface area is 129 Å². The van der Waals surface area contributed by atoms with Crippen molar-refractivity contribution in [1.29, 1.82) is 0 Å². The van der Waals surface area contributed by atoms with Crippen molar-refractivity contribution in [3.63, 3.8) is 0 Å². The van der Waals surface area contributed by atoms with Crippen molar-refractivity contribution >= 4 is 6.09 Å². The zero-order valence-electron chi connectivity index (χ0n) is 14.4. The van der Waals surface area contributed by atoms with Crippen LogP contribution >= 0.6 is 0 Å². The van der Waals surface area contributed by atoms with Crippen LogP contribution in [0.1, 0.15) is 27.7 Å². The van der Waals surface area contributed by atoms with Crippen LogP contribution in [0.5, 0.6) is 0 Å². The molecule has 0 rings (SSSR count). The second kappa shape index (κ2) is 24.1. The summed E-state index contributed by atoms with van der Waals surface area (Å²) in [4.78, 5) is 12.9. The number of carbonyl (C=O) groups is 1. The monoisotopic (exact) mass is 309 g/mol. The zero-order chi connectivity index (χ0) is 16.9. The smallest absolute Gasteiger partial charge is 0.409 e. The van der Waals surface area contributed by atoms with Gasteiger partial charge in [-0.1, -0.05) is 27.7 Å². The molecule has 0 aromatic rings. The van der Waals surface area contributed by atoms with Gasteiger partial charge in [0, 0.05) is 26.2 Å².